The summed E-state index contributed by atoms with van der Waals surface area (Å²) in [5, 5.41) is 0. The molecule has 1 heterocycles. The standard InChI is InChI=1S/C11H13NO3/c1-6-3-9-11(15-5-14-9)10(7(6)2)8(13)4-12/h3H,4-5,12H2,1-2H3. The highest BCUT2D eigenvalue weighted by molar-refractivity contribution is 6.02. The van der Waals surface area contributed by atoms with Crippen molar-refractivity contribution in [3.05, 3.63) is 22.8 Å². The number of ketones is 1. The normalized spacial score (nSPS) is 13.0. The fourth-order valence-corrected chi connectivity index (χ4v) is 1.70. The molecule has 4 nitrogen and oxygen atoms in total. The Morgan fingerprint density at radius 2 is 2.20 bits per heavy atom. The highest BCUT2D eigenvalue weighted by atomic mass is 16.7. The van der Waals surface area contributed by atoms with Gasteiger partial charge in [-0.1, -0.05) is 0 Å². The van der Waals surface area contributed by atoms with E-state index in [1.54, 1.807) is 0 Å². The molecule has 2 N–H and O–H groups in total. The van der Waals surface area contributed by atoms with Gasteiger partial charge in [-0.25, -0.2) is 0 Å². The summed E-state index contributed by atoms with van der Waals surface area (Å²) in [7, 11) is 0. The average molecular weight is 207 g/mol. The fraction of sp³-hybridized carbons (Fsp3) is 0.364. The van der Waals surface area contributed by atoms with Crippen molar-refractivity contribution < 1.29 is 14.3 Å². The lowest BCUT2D eigenvalue weighted by molar-refractivity contribution is 0.0996. The number of hydrogen-bond acceptors (Lipinski definition) is 4. The summed E-state index contributed by atoms with van der Waals surface area (Å²) in [5.41, 5.74) is 7.85. The van der Waals surface area contributed by atoms with Gasteiger partial charge in [0.05, 0.1) is 12.1 Å². The van der Waals surface area contributed by atoms with Crippen LogP contribution >= 0.6 is 0 Å². The van der Waals surface area contributed by atoms with Gasteiger partial charge >= 0.3 is 0 Å². The van der Waals surface area contributed by atoms with E-state index in [4.69, 9.17) is 15.2 Å². The van der Waals surface area contributed by atoms with Crippen molar-refractivity contribution in [2.24, 2.45) is 5.73 Å². The molecular formula is C11H13NO3. The molecule has 0 aromatic heterocycles. The molecule has 0 saturated carbocycles. The Bertz CT molecular complexity index is 426. The van der Waals surface area contributed by atoms with E-state index >= 15 is 0 Å². The first-order valence-electron chi connectivity index (χ1n) is 4.78. The van der Waals surface area contributed by atoms with Crippen molar-refractivity contribution in [2.45, 2.75) is 13.8 Å². The van der Waals surface area contributed by atoms with Gasteiger partial charge < -0.3 is 15.2 Å². The number of nitrogens with two attached hydrogens (primary N) is 1. The van der Waals surface area contributed by atoms with Gasteiger partial charge in [0.25, 0.3) is 0 Å². The van der Waals surface area contributed by atoms with Gasteiger partial charge in [-0.3, -0.25) is 4.79 Å². The maximum absolute atomic E-state index is 11.7. The first kappa shape index (κ1) is 9.98. The summed E-state index contributed by atoms with van der Waals surface area (Å²) < 4.78 is 10.5. The lowest BCUT2D eigenvalue weighted by atomic mass is 9.98. The molecule has 1 aliphatic rings. The number of ether oxygens (including phenoxy) is 2. The van der Waals surface area contributed by atoms with Crippen LogP contribution in [0, 0.1) is 13.8 Å². The van der Waals surface area contributed by atoms with Crippen LogP contribution in [0.2, 0.25) is 0 Å². The Hall–Kier alpha value is -1.55. The molecule has 0 radical (unpaired) electrons. The third kappa shape index (κ3) is 1.47. The van der Waals surface area contributed by atoms with Crippen LogP contribution in [0.15, 0.2) is 6.07 Å². The quantitative estimate of drug-likeness (QED) is 0.739. The van der Waals surface area contributed by atoms with E-state index in [1.807, 2.05) is 19.9 Å². The molecule has 0 aliphatic carbocycles. The fourth-order valence-electron chi connectivity index (χ4n) is 1.70. The number of aryl methyl sites for hydroxylation is 1. The van der Waals surface area contributed by atoms with Crippen molar-refractivity contribution in [1.29, 1.82) is 0 Å². The summed E-state index contributed by atoms with van der Waals surface area (Å²) in [5.74, 6) is 1.06. The number of benzene rings is 1. The number of Topliss-reactive ketones (excluding diaryl/α,β-unsaturated/α-hetero) is 1. The molecule has 0 bridgehead atoms. The number of carbonyl (C=O) groups excluding carboxylic acids is 1. The first-order chi connectivity index (χ1) is 7.15. The molecule has 0 spiro atoms. The molecule has 15 heavy (non-hydrogen) atoms. The molecule has 1 aromatic carbocycles. The molecule has 0 atom stereocenters. The predicted octanol–water partition coefficient (Wildman–Crippen LogP) is 1.17. The second kappa shape index (κ2) is 3.55. The van der Waals surface area contributed by atoms with Gasteiger partial charge in [-0.05, 0) is 31.0 Å². The molecular weight excluding hydrogens is 194 g/mol. The summed E-state index contributed by atoms with van der Waals surface area (Å²) in [6, 6.07) is 1.88. The van der Waals surface area contributed by atoms with Gasteiger partial charge in [-0.15, -0.1) is 0 Å². The van der Waals surface area contributed by atoms with Crippen molar-refractivity contribution in [3.8, 4) is 11.5 Å². The van der Waals surface area contributed by atoms with E-state index in [1.165, 1.54) is 0 Å². The number of hydrogen-bond donors (Lipinski definition) is 1. The summed E-state index contributed by atoms with van der Waals surface area (Å²) >= 11 is 0. The van der Waals surface area contributed by atoms with Crippen LogP contribution < -0.4 is 15.2 Å². The van der Waals surface area contributed by atoms with E-state index in [2.05, 4.69) is 0 Å². The molecule has 0 saturated heterocycles. The van der Waals surface area contributed by atoms with Crippen molar-refractivity contribution in [1.82, 2.24) is 0 Å². The van der Waals surface area contributed by atoms with Crippen molar-refractivity contribution in [2.75, 3.05) is 13.3 Å². The third-order valence-corrected chi connectivity index (χ3v) is 2.65. The minimum atomic E-state index is -0.113. The lowest BCUT2D eigenvalue weighted by Crippen LogP contribution is -2.16. The summed E-state index contributed by atoms with van der Waals surface area (Å²) in [4.78, 5) is 11.7. The van der Waals surface area contributed by atoms with E-state index in [9.17, 15) is 4.79 Å². The zero-order valence-corrected chi connectivity index (χ0v) is 8.79. The lowest BCUT2D eigenvalue weighted by Gasteiger charge is -2.10. The Balaban J connectivity index is 2.65. The van der Waals surface area contributed by atoms with Crippen LogP contribution in [0.4, 0.5) is 0 Å². The second-order valence-electron chi connectivity index (χ2n) is 3.55. The van der Waals surface area contributed by atoms with Crippen LogP contribution in [0.5, 0.6) is 11.5 Å². The Morgan fingerprint density at radius 1 is 1.47 bits per heavy atom. The van der Waals surface area contributed by atoms with Crippen LogP contribution in [0.1, 0.15) is 21.5 Å². The van der Waals surface area contributed by atoms with Gasteiger partial charge in [-0.2, -0.15) is 0 Å². The number of carbonyl (C=O) groups is 1. The van der Waals surface area contributed by atoms with Crippen LogP contribution in [0.25, 0.3) is 0 Å². The number of rotatable bonds is 2. The Kier molecular flexibility index (Phi) is 2.36. The predicted molar refractivity (Wildman–Crippen MR) is 55.4 cm³/mol. The van der Waals surface area contributed by atoms with Crippen LogP contribution in [-0.2, 0) is 0 Å². The van der Waals surface area contributed by atoms with Gasteiger partial charge in [0, 0.05) is 0 Å². The minimum Gasteiger partial charge on any atom is -0.454 e. The first-order valence-corrected chi connectivity index (χ1v) is 4.78. The molecule has 0 amide bonds. The highest BCUT2D eigenvalue weighted by Gasteiger charge is 2.24. The topological polar surface area (TPSA) is 61.6 Å². The molecule has 4 heteroatoms. The molecule has 80 valence electrons. The minimum absolute atomic E-state index is 0.0138. The van der Waals surface area contributed by atoms with E-state index in [0.717, 1.165) is 11.1 Å². The Morgan fingerprint density at radius 3 is 2.87 bits per heavy atom. The summed E-state index contributed by atoms with van der Waals surface area (Å²) in [6.45, 7) is 3.98. The highest BCUT2D eigenvalue weighted by Crippen LogP contribution is 2.39. The third-order valence-electron chi connectivity index (χ3n) is 2.65. The zero-order chi connectivity index (χ0) is 11.0. The molecule has 0 fully saturated rings. The maximum atomic E-state index is 11.7. The monoisotopic (exact) mass is 207 g/mol. The van der Waals surface area contributed by atoms with Gasteiger partial charge in [0.15, 0.2) is 17.3 Å². The van der Waals surface area contributed by atoms with E-state index < -0.39 is 0 Å². The smallest absolute Gasteiger partial charge is 0.231 e. The van der Waals surface area contributed by atoms with Gasteiger partial charge in [0.1, 0.15) is 0 Å². The number of fused-ring (bicyclic) bond motifs is 1. The molecule has 2 rings (SSSR count). The largest absolute Gasteiger partial charge is 0.454 e. The molecule has 0 unspecified atom stereocenters. The summed E-state index contributed by atoms with van der Waals surface area (Å²) in [6.07, 6.45) is 0. The second-order valence-corrected chi connectivity index (χ2v) is 3.55. The molecule has 1 aliphatic heterocycles. The van der Waals surface area contributed by atoms with E-state index in [-0.39, 0.29) is 19.1 Å². The van der Waals surface area contributed by atoms with E-state index in [0.29, 0.717) is 17.1 Å². The Labute approximate surface area is 88.0 Å². The van der Waals surface area contributed by atoms with Crippen LogP contribution in [0.3, 0.4) is 0 Å². The average Bonchev–Trinajstić information content (AvgIpc) is 2.66. The van der Waals surface area contributed by atoms with Gasteiger partial charge in [0.2, 0.25) is 6.79 Å². The van der Waals surface area contributed by atoms with Crippen LogP contribution in [-0.4, -0.2) is 19.1 Å². The SMILES string of the molecule is Cc1cc2c(c(C(=O)CN)c1C)OCO2. The molecule has 1 aromatic rings. The van der Waals surface area contributed by atoms with Crippen molar-refractivity contribution in [3.63, 3.8) is 0 Å². The maximum Gasteiger partial charge on any atom is 0.231 e. The zero-order valence-electron chi connectivity index (χ0n) is 8.79. The van der Waals surface area contributed by atoms with Crippen molar-refractivity contribution >= 4 is 5.78 Å².